The molecule has 0 radical (unpaired) electrons. The van der Waals surface area contributed by atoms with Crippen molar-refractivity contribution in [2.45, 2.75) is 50.4 Å². The van der Waals surface area contributed by atoms with Crippen LogP contribution in [0, 0.1) is 0 Å². The van der Waals surface area contributed by atoms with Crippen LogP contribution in [0.3, 0.4) is 0 Å². The molecule has 15 nitrogen and oxygen atoms in total. The second kappa shape index (κ2) is 9.73. The number of hydrazine groups is 1. The minimum Gasteiger partial charge on any atom is -0.480 e. The molecule has 35 heavy (non-hydrogen) atoms. The van der Waals surface area contributed by atoms with Crippen molar-refractivity contribution < 1.29 is 37.4 Å². The summed E-state index contributed by atoms with van der Waals surface area (Å²) in [6.07, 6.45) is 0.780. The smallest absolute Gasteiger partial charge is 0.426 e. The number of carboxylic acids is 1. The molecule has 2 aromatic rings. The van der Waals surface area contributed by atoms with E-state index in [-0.39, 0.29) is 12.1 Å². The maximum Gasteiger partial charge on any atom is 0.426 e. The van der Waals surface area contributed by atoms with E-state index in [1.165, 1.54) is 6.20 Å². The molecular formula is C19H24N6O9S. The first-order valence-corrected chi connectivity index (χ1v) is 11.6. The molecule has 0 spiro atoms. The minimum absolute atomic E-state index is 0.0653. The lowest BCUT2D eigenvalue weighted by Gasteiger charge is -2.46. The number of aliphatic carboxylic acids is 1. The second-order valence-electron chi connectivity index (χ2n) is 8.17. The Hall–Kier alpha value is -3.95. The Labute approximate surface area is 199 Å². The molecule has 16 heteroatoms. The molecule has 0 unspecified atom stereocenters. The van der Waals surface area contributed by atoms with Gasteiger partial charge in [-0.05, 0) is 20.3 Å². The van der Waals surface area contributed by atoms with Crippen molar-refractivity contribution in [2.24, 2.45) is 0 Å². The summed E-state index contributed by atoms with van der Waals surface area (Å²) in [7, 11) is -3.48. The number of fused-ring (bicyclic) bond motifs is 1. The number of nitrogens with one attached hydrogen (secondary N) is 3. The predicted octanol–water partition coefficient (Wildman–Crippen LogP) is -1.60. The molecule has 190 valence electrons. The number of aryl methyl sites for hydroxylation is 1. The molecule has 1 aliphatic heterocycles. The van der Waals surface area contributed by atoms with E-state index >= 15 is 0 Å². The number of carbonyl (C=O) groups is 4. The number of aromatic amines is 1. The van der Waals surface area contributed by atoms with Gasteiger partial charge in [-0.2, -0.15) is 9.61 Å². The summed E-state index contributed by atoms with van der Waals surface area (Å²) in [5.41, 5.74) is 4.10. The highest BCUT2D eigenvalue weighted by molar-refractivity contribution is 7.74. The van der Waals surface area contributed by atoms with Gasteiger partial charge in [-0.25, -0.2) is 23.4 Å². The first-order valence-electron chi connectivity index (χ1n) is 10.4. The van der Waals surface area contributed by atoms with Gasteiger partial charge in [-0.1, -0.05) is 6.92 Å². The minimum atomic E-state index is -3.48. The summed E-state index contributed by atoms with van der Waals surface area (Å²) in [6.45, 7) is 3.52. The molecule has 1 fully saturated rings. The largest absolute Gasteiger partial charge is 0.480 e. The van der Waals surface area contributed by atoms with E-state index in [4.69, 9.17) is 4.74 Å². The van der Waals surface area contributed by atoms with E-state index < -0.39 is 63.6 Å². The van der Waals surface area contributed by atoms with Gasteiger partial charge in [0.05, 0.1) is 6.20 Å². The number of hydrogen-bond donors (Lipinski definition) is 5. The highest BCUT2D eigenvalue weighted by Crippen LogP contribution is 2.30. The quantitative estimate of drug-likeness (QED) is 0.155. The molecule has 1 saturated heterocycles. The highest BCUT2D eigenvalue weighted by atomic mass is 32.2. The number of aromatic nitrogens is 3. The normalized spacial score (nSPS) is 18.0. The first kappa shape index (κ1) is 25.7. The summed E-state index contributed by atoms with van der Waals surface area (Å²) in [4.78, 5) is 64.0. The summed E-state index contributed by atoms with van der Waals surface area (Å²) in [5, 5.41) is 13.5. The monoisotopic (exact) mass is 512 g/mol. The molecule has 2 aromatic heterocycles. The predicted molar refractivity (Wildman–Crippen MR) is 118 cm³/mol. The fourth-order valence-electron chi connectivity index (χ4n) is 3.74. The van der Waals surface area contributed by atoms with Gasteiger partial charge >= 0.3 is 12.1 Å². The van der Waals surface area contributed by atoms with Gasteiger partial charge in [0.25, 0.3) is 11.5 Å². The Morgan fingerprint density at radius 2 is 2.03 bits per heavy atom. The Kier molecular flexibility index (Phi) is 7.14. The van der Waals surface area contributed by atoms with Gasteiger partial charge in [-0.15, -0.1) is 0 Å². The van der Waals surface area contributed by atoms with E-state index in [1.54, 1.807) is 6.92 Å². The number of hydrogen-bond acceptors (Lipinski definition) is 9. The molecule has 4 N–H and O–H groups in total. The van der Waals surface area contributed by atoms with Crippen LogP contribution in [-0.4, -0.2) is 80.3 Å². The van der Waals surface area contributed by atoms with Crippen molar-refractivity contribution in [3.05, 3.63) is 33.9 Å². The highest BCUT2D eigenvalue weighted by Gasteiger charge is 2.53. The fraction of sp³-hybridized carbons (Fsp3) is 0.474. The van der Waals surface area contributed by atoms with Crippen LogP contribution >= 0.6 is 0 Å². The van der Waals surface area contributed by atoms with E-state index in [1.807, 2.05) is 17.8 Å². The number of carboxylic acid groups (broad SMARTS) is 1. The van der Waals surface area contributed by atoms with Crippen LogP contribution < -0.4 is 16.4 Å². The summed E-state index contributed by atoms with van der Waals surface area (Å²) in [5.74, 6) is -3.03. The Balaban J connectivity index is 1.68. The first-order chi connectivity index (χ1) is 16.4. The van der Waals surface area contributed by atoms with Gasteiger partial charge in [0.2, 0.25) is 5.91 Å². The molecule has 3 heterocycles. The lowest BCUT2D eigenvalue weighted by Crippen LogP contribution is -2.67. The van der Waals surface area contributed by atoms with Crippen LogP contribution in [0.1, 0.15) is 43.2 Å². The number of H-pyrrole nitrogens is 1. The molecule has 0 saturated carbocycles. The zero-order valence-electron chi connectivity index (χ0n) is 18.9. The third-order valence-electron chi connectivity index (χ3n) is 5.72. The summed E-state index contributed by atoms with van der Waals surface area (Å²) < 4.78 is 27.7. The van der Waals surface area contributed by atoms with Crippen molar-refractivity contribution >= 4 is 40.2 Å². The zero-order valence-corrected chi connectivity index (χ0v) is 19.8. The maximum atomic E-state index is 12.4. The van der Waals surface area contributed by atoms with E-state index in [2.05, 4.69) is 10.1 Å². The molecular weight excluding hydrogens is 488 g/mol. The molecule has 3 amide bonds. The van der Waals surface area contributed by atoms with Crippen LogP contribution in [0.2, 0.25) is 0 Å². The lowest BCUT2D eigenvalue weighted by molar-refractivity contribution is -0.163. The van der Waals surface area contributed by atoms with Crippen molar-refractivity contribution in [2.75, 3.05) is 6.61 Å². The molecule has 0 aliphatic carbocycles. The standard InChI is InChI=1S/C19H24N6O9S/c1-4-10-7-20-25-13(27)6-11(21-15(10)25)16(28)22-23-18(31)34-8-19(3,35(32)33)14(17(29)30)24-9(2)5-12(24)26/h6-7,9,14,21,35H,4-5,8H2,1-3H3,(H,22,28)(H,23,31)(H,29,30)/t9-,14+,19+/m1/s1. The number of amides is 3. The van der Waals surface area contributed by atoms with Crippen molar-refractivity contribution in [3.8, 4) is 0 Å². The number of β-lactam (4-membered cyclic amide) rings is 1. The number of nitrogens with zero attached hydrogens (tertiary/aromatic N) is 3. The number of carbonyl (C=O) groups excluding carboxylic acids is 3. The second-order valence-corrected chi connectivity index (χ2v) is 9.71. The van der Waals surface area contributed by atoms with Crippen LogP contribution in [-0.2, 0) is 31.5 Å². The molecule has 1 aliphatic rings. The van der Waals surface area contributed by atoms with Gasteiger partial charge in [0, 0.05) is 24.1 Å². The van der Waals surface area contributed by atoms with Gasteiger partial charge < -0.3 is 19.7 Å². The Morgan fingerprint density at radius 3 is 2.57 bits per heavy atom. The van der Waals surface area contributed by atoms with Crippen molar-refractivity contribution in [1.29, 1.82) is 0 Å². The average molecular weight is 513 g/mol. The zero-order chi connectivity index (χ0) is 26.1. The molecule has 0 aromatic carbocycles. The third-order valence-corrected chi connectivity index (χ3v) is 6.93. The van der Waals surface area contributed by atoms with Crippen LogP contribution in [0.5, 0.6) is 0 Å². The summed E-state index contributed by atoms with van der Waals surface area (Å²) >= 11 is 0. The number of rotatable bonds is 8. The average Bonchev–Trinajstić information content (AvgIpc) is 3.22. The fourth-order valence-corrected chi connectivity index (χ4v) is 4.34. The Morgan fingerprint density at radius 1 is 1.34 bits per heavy atom. The van der Waals surface area contributed by atoms with Gasteiger partial charge in [0.1, 0.15) is 22.7 Å². The van der Waals surface area contributed by atoms with Gasteiger partial charge in [0.15, 0.2) is 16.7 Å². The topological polar surface area (TPSA) is 209 Å². The van der Waals surface area contributed by atoms with Crippen molar-refractivity contribution in [1.82, 2.24) is 30.3 Å². The molecule has 0 bridgehead atoms. The Bertz CT molecular complexity index is 1320. The third kappa shape index (κ3) is 4.82. The molecule has 3 atom stereocenters. The number of likely N-dealkylation sites (tertiary alicyclic amines) is 1. The van der Waals surface area contributed by atoms with E-state index in [0.29, 0.717) is 17.6 Å². The van der Waals surface area contributed by atoms with Crippen LogP contribution in [0.4, 0.5) is 4.79 Å². The number of thiol groups is 1. The van der Waals surface area contributed by atoms with E-state index in [9.17, 15) is 37.5 Å². The lowest BCUT2D eigenvalue weighted by atomic mass is 9.92. The van der Waals surface area contributed by atoms with Crippen molar-refractivity contribution in [3.63, 3.8) is 0 Å². The van der Waals surface area contributed by atoms with Gasteiger partial charge in [-0.3, -0.25) is 19.8 Å². The SMILES string of the molecule is CCc1cnn2c(=O)cc(C(=O)NNC(=O)OC[C@@](C)([C@H](C(=O)O)N3C(=O)C[C@H]3C)[SH](=O)=O)[nH]c12. The van der Waals surface area contributed by atoms with Crippen LogP contribution in [0.15, 0.2) is 17.1 Å². The van der Waals surface area contributed by atoms with Crippen LogP contribution in [0.25, 0.3) is 5.65 Å². The maximum absolute atomic E-state index is 12.4. The molecule has 3 rings (SSSR count). The summed E-state index contributed by atoms with van der Waals surface area (Å²) in [6, 6.07) is -1.33. The van der Waals surface area contributed by atoms with E-state index in [0.717, 1.165) is 22.4 Å². The number of ether oxygens (including phenoxy) is 1.